The lowest BCUT2D eigenvalue weighted by molar-refractivity contribution is 0.201. The molecule has 2 aliphatic rings. The summed E-state index contributed by atoms with van der Waals surface area (Å²) in [6, 6.07) is 0. The monoisotopic (exact) mass is 301 g/mol. The van der Waals surface area contributed by atoms with Gasteiger partial charge in [-0.2, -0.15) is 0 Å². The van der Waals surface area contributed by atoms with E-state index in [1.807, 2.05) is 0 Å². The van der Waals surface area contributed by atoms with Crippen molar-refractivity contribution in [1.82, 2.24) is 15.2 Å². The first-order valence-corrected chi connectivity index (χ1v) is 9.73. The molecule has 0 bridgehead atoms. The van der Waals surface area contributed by atoms with Crippen LogP contribution in [0, 0.1) is 5.41 Å². The highest BCUT2D eigenvalue weighted by Gasteiger charge is 2.40. The molecule has 2 fully saturated rings. The van der Waals surface area contributed by atoms with Crippen LogP contribution < -0.4 is 0 Å². The third-order valence-corrected chi connectivity index (χ3v) is 6.27. The lowest BCUT2D eigenvalue weighted by Crippen LogP contribution is -2.38. The first kappa shape index (κ1) is 13.4. The Morgan fingerprint density at radius 2 is 2.16 bits per heavy atom. The molecule has 3 rings (SSSR count). The molecule has 19 heavy (non-hydrogen) atoms. The van der Waals surface area contributed by atoms with Crippen LogP contribution in [0.25, 0.3) is 0 Å². The molecule has 1 aromatic heterocycles. The van der Waals surface area contributed by atoms with Gasteiger partial charge in [0, 0.05) is 17.9 Å². The number of aromatic nitrogens is 3. The number of aromatic amines is 1. The van der Waals surface area contributed by atoms with Crippen molar-refractivity contribution in [2.75, 3.05) is 17.8 Å². The van der Waals surface area contributed by atoms with Crippen LogP contribution >= 0.6 is 11.8 Å². The van der Waals surface area contributed by atoms with Crippen molar-refractivity contribution in [3.05, 3.63) is 5.82 Å². The number of thioether (sulfide) groups is 1. The Labute approximate surface area is 117 Å². The molecule has 106 valence electrons. The van der Waals surface area contributed by atoms with E-state index in [2.05, 4.69) is 15.2 Å². The Bertz CT molecular complexity index is 559. The summed E-state index contributed by atoms with van der Waals surface area (Å²) in [5.74, 6) is 2.68. The third-order valence-electron chi connectivity index (χ3n) is 3.94. The van der Waals surface area contributed by atoms with Crippen LogP contribution in [0.2, 0.25) is 0 Å². The fourth-order valence-corrected chi connectivity index (χ4v) is 5.37. The van der Waals surface area contributed by atoms with Gasteiger partial charge in [-0.1, -0.05) is 18.2 Å². The molecule has 0 atom stereocenters. The minimum absolute atomic E-state index is 0.0430. The zero-order valence-electron chi connectivity index (χ0n) is 11.1. The predicted octanol–water partition coefficient (Wildman–Crippen LogP) is 1.99. The molecule has 1 N–H and O–H groups in total. The van der Waals surface area contributed by atoms with Crippen molar-refractivity contribution in [2.45, 2.75) is 43.2 Å². The fraction of sp³-hybridized carbons (Fsp3) is 0.833. The van der Waals surface area contributed by atoms with Gasteiger partial charge in [0.2, 0.25) is 5.16 Å². The molecule has 0 aromatic carbocycles. The van der Waals surface area contributed by atoms with Crippen molar-refractivity contribution < 1.29 is 8.42 Å². The van der Waals surface area contributed by atoms with Gasteiger partial charge in [0.1, 0.15) is 15.7 Å². The van der Waals surface area contributed by atoms with Gasteiger partial charge in [0.25, 0.3) is 0 Å². The summed E-state index contributed by atoms with van der Waals surface area (Å²) in [6.45, 7) is 0. The van der Waals surface area contributed by atoms with Crippen LogP contribution in [0.4, 0.5) is 0 Å². The second-order valence-corrected chi connectivity index (χ2v) is 9.07. The number of sulfone groups is 1. The van der Waals surface area contributed by atoms with E-state index in [4.69, 9.17) is 0 Å². The van der Waals surface area contributed by atoms with Crippen LogP contribution in [-0.4, -0.2) is 41.4 Å². The number of H-pyrrole nitrogens is 1. The Morgan fingerprint density at radius 1 is 1.42 bits per heavy atom. The van der Waals surface area contributed by atoms with Crippen molar-refractivity contribution in [3.8, 4) is 0 Å². The number of rotatable bonds is 6. The van der Waals surface area contributed by atoms with E-state index in [0.29, 0.717) is 11.7 Å². The summed E-state index contributed by atoms with van der Waals surface area (Å²) in [6.07, 6.45) is 6.89. The molecule has 1 heterocycles. The van der Waals surface area contributed by atoms with Crippen LogP contribution in [0.1, 0.15) is 43.8 Å². The number of nitrogens with one attached hydrogen (secondary N) is 1. The van der Waals surface area contributed by atoms with Crippen LogP contribution in [-0.2, 0) is 9.84 Å². The van der Waals surface area contributed by atoms with Crippen molar-refractivity contribution in [1.29, 1.82) is 0 Å². The second kappa shape index (κ2) is 4.77. The average Bonchev–Trinajstić information content (AvgIpc) is 3.01. The lowest BCUT2D eigenvalue weighted by atomic mass is 9.72. The SMILES string of the molecule is CS(=O)(=O)CC1(CSc2n[nH]c(C3CC3)n2)CCC1. The van der Waals surface area contributed by atoms with Gasteiger partial charge in [-0.25, -0.2) is 13.4 Å². The van der Waals surface area contributed by atoms with E-state index >= 15 is 0 Å². The van der Waals surface area contributed by atoms with E-state index in [-0.39, 0.29) is 5.41 Å². The van der Waals surface area contributed by atoms with E-state index in [1.165, 1.54) is 19.1 Å². The largest absolute Gasteiger partial charge is 0.262 e. The summed E-state index contributed by atoms with van der Waals surface area (Å²) < 4.78 is 23.0. The van der Waals surface area contributed by atoms with Crippen LogP contribution in [0.3, 0.4) is 0 Å². The summed E-state index contributed by atoms with van der Waals surface area (Å²) in [5.41, 5.74) is -0.0430. The minimum atomic E-state index is -2.91. The Balaban J connectivity index is 1.60. The third kappa shape index (κ3) is 3.31. The molecule has 1 aromatic rings. The van der Waals surface area contributed by atoms with E-state index < -0.39 is 9.84 Å². The molecule has 0 aliphatic heterocycles. The first-order chi connectivity index (χ1) is 8.96. The van der Waals surface area contributed by atoms with Gasteiger partial charge in [-0.3, -0.25) is 5.10 Å². The summed E-state index contributed by atoms with van der Waals surface area (Å²) in [4.78, 5) is 4.48. The van der Waals surface area contributed by atoms with E-state index in [1.54, 1.807) is 11.8 Å². The summed E-state index contributed by atoms with van der Waals surface area (Å²) in [7, 11) is -2.91. The molecule has 0 radical (unpaired) electrons. The highest BCUT2D eigenvalue weighted by molar-refractivity contribution is 7.99. The van der Waals surface area contributed by atoms with Gasteiger partial charge in [-0.15, -0.1) is 5.10 Å². The maximum atomic E-state index is 11.5. The Kier molecular flexibility index (Phi) is 3.37. The van der Waals surface area contributed by atoms with Crippen LogP contribution in [0.5, 0.6) is 0 Å². The fourth-order valence-electron chi connectivity index (χ4n) is 2.64. The summed E-state index contributed by atoms with van der Waals surface area (Å²) in [5, 5.41) is 7.97. The average molecular weight is 301 g/mol. The van der Waals surface area contributed by atoms with Gasteiger partial charge in [-0.05, 0) is 31.1 Å². The highest BCUT2D eigenvalue weighted by atomic mass is 32.2. The molecule has 0 unspecified atom stereocenters. The molecule has 2 saturated carbocycles. The maximum Gasteiger partial charge on any atom is 0.208 e. The lowest BCUT2D eigenvalue weighted by Gasteiger charge is -2.40. The number of hydrogen-bond donors (Lipinski definition) is 1. The standard InChI is InChI=1S/C12H19N3O2S2/c1-19(16,17)8-12(5-2-6-12)7-18-11-13-10(14-15-11)9-3-4-9/h9H,2-8H2,1H3,(H,13,14,15). The predicted molar refractivity (Wildman–Crippen MR) is 75.1 cm³/mol. The molecule has 0 amide bonds. The van der Waals surface area contributed by atoms with Crippen molar-refractivity contribution >= 4 is 21.6 Å². The first-order valence-electron chi connectivity index (χ1n) is 6.69. The quantitative estimate of drug-likeness (QED) is 0.813. The maximum absolute atomic E-state index is 11.5. The summed E-state index contributed by atoms with van der Waals surface area (Å²) >= 11 is 1.59. The number of nitrogens with zero attached hydrogens (tertiary/aromatic N) is 2. The molecule has 2 aliphatic carbocycles. The molecule has 0 saturated heterocycles. The van der Waals surface area contributed by atoms with Crippen LogP contribution in [0.15, 0.2) is 5.16 Å². The highest BCUT2D eigenvalue weighted by Crippen LogP contribution is 2.45. The molecule has 5 nitrogen and oxygen atoms in total. The van der Waals surface area contributed by atoms with E-state index in [0.717, 1.165) is 36.0 Å². The zero-order valence-corrected chi connectivity index (χ0v) is 12.7. The normalized spacial score (nSPS) is 22.2. The van der Waals surface area contributed by atoms with Gasteiger partial charge >= 0.3 is 0 Å². The molecule has 0 spiro atoms. The Hall–Kier alpha value is -0.560. The number of hydrogen-bond acceptors (Lipinski definition) is 5. The minimum Gasteiger partial charge on any atom is -0.262 e. The van der Waals surface area contributed by atoms with Crippen molar-refractivity contribution in [3.63, 3.8) is 0 Å². The molecular formula is C12H19N3O2S2. The molecular weight excluding hydrogens is 282 g/mol. The van der Waals surface area contributed by atoms with Gasteiger partial charge in [0.05, 0.1) is 5.75 Å². The van der Waals surface area contributed by atoms with Gasteiger partial charge < -0.3 is 0 Å². The van der Waals surface area contributed by atoms with E-state index in [9.17, 15) is 8.42 Å². The smallest absolute Gasteiger partial charge is 0.208 e. The zero-order chi connectivity index (χ0) is 13.5. The second-order valence-electron chi connectivity index (χ2n) is 5.99. The van der Waals surface area contributed by atoms with Crippen molar-refractivity contribution in [2.24, 2.45) is 5.41 Å². The topological polar surface area (TPSA) is 75.7 Å². The Morgan fingerprint density at radius 3 is 2.68 bits per heavy atom. The van der Waals surface area contributed by atoms with Gasteiger partial charge in [0.15, 0.2) is 0 Å². The molecule has 7 heteroatoms.